The first-order valence-corrected chi connectivity index (χ1v) is 10.0. The summed E-state index contributed by atoms with van der Waals surface area (Å²) in [6, 6.07) is 10.6. The third kappa shape index (κ3) is 4.45. The van der Waals surface area contributed by atoms with Crippen molar-refractivity contribution in [3.05, 3.63) is 35.9 Å². The standard InChI is InChI=1S/C21H30N2O3/c24-21(22-13-16-7-10-25-11-8-16)19-12-18-6-9-23(15-20(18)26-19)14-17-4-2-1-3-5-17/h1-5,16,18-20H,6-15H2,(H,22,24)/t18-,19+,20+/m0/s1. The molecule has 3 heterocycles. The van der Waals surface area contributed by atoms with E-state index in [1.54, 1.807) is 0 Å². The van der Waals surface area contributed by atoms with Crippen LogP contribution in [0.5, 0.6) is 0 Å². The van der Waals surface area contributed by atoms with Crippen LogP contribution in [0, 0.1) is 11.8 Å². The molecule has 3 fully saturated rings. The maximum atomic E-state index is 12.5. The van der Waals surface area contributed by atoms with Crippen LogP contribution in [0.4, 0.5) is 0 Å². The Kier molecular flexibility index (Phi) is 5.88. The molecule has 0 unspecified atom stereocenters. The van der Waals surface area contributed by atoms with Gasteiger partial charge in [0.15, 0.2) is 0 Å². The van der Waals surface area contributed by atoms with Gasteiger partial charge in [-0.1, -0.05) is 30.3 Å². The maximum absolute atomic E-state index is 12.5. The summed E-state index contributed by atoms with van der Waals surface area (Å²) in [6.07, 6.45) is 4.04. The summed E-state index contributed by atoms with van der Waals surface area (Å²) in [5, 5.41) is 3.12. The summed E-state index contributed by atoms with van der Waals surface area (Å²) in [7, 11) is 0. The predicted octanol–water partition coefficient (Wildman–Crippen LogP) is 2.21. The van der Waals surface area contributed by atoms with Crippen molar-refractivity contribution in [2.24, 2.45) is 11.8 Å². The first-order chi connectivity index (χ1) is 12.8. The summed E-state index contributed by atoms with van der Waals surface area (Å²) in [5.41, 5.74) is 1.34. The minimum Gasteiger partial charge on any atom is -0.381 e. The first-order valence-electron chi connectivity index (χ1n) is 10.0. The average Bonchev–Trinajstić information content (AvgIpc) is 3.11. The molecule has 3 saturated heterocycles. The Hall–Kier alpha value is -1.43. The van der Waals surface area contributed by atoms with E-state index in [4.69, 9.17) is 9.47 Å². The Balaban J connectivity index is 1.24. The summed E-state index contributed by atoms with van der Waals surface area (Å²) in [4.78, 5) is 15.0. The quantitative estimate of drug-likeness (QED) is 0.877. The number of likely N-dealkylation sites (tertiary alicyclic amines) is 1. The molecule has 0 aromatic heterocycles. The highest BCUT2D eigenvalue weighted by molar-refractivity contribution is 5.81. The van der Waals surface area contributed by atoms with Gasteiger partial charge < -0.3 is 14.8 Å². The molecule has 3 atom stereocenters. The summed E-state index contributed by atoms with van der Waals surface area (Å²) in [6.45, 7) is 5.40. The van der Waals surface area contributed by atoms with E-state index in [1.165, 1.54) is 5.56 Å². The zero-order valence-electron chi connectivity index (χ0n) is 15.4. The van der Waals surface area contributed by atoms with Crippen LogP contribution in [0.15, 0.2) is 30.3 Å². The third-order valence-electron chi connectivity index (χ3n) is 6.08. The van der Waals surface area contributed by atoms with Crippen LogP contribution < -0.4 is 5.32 Å². The van der Waals surface area contributed by atoms with Crippen molar-refractivity contribution in [2.45, 2.75) is 44.4 Å². The number of hydrogen-bond acceptors (Lipinski definition) is 4. The molecule has 4 rings (SSSR count). The van der Waals surface area contributed by atoms with E-state index >= 15 is 0 Å². The summed E-state index contributed by atoms with van der Waals surface area (Å²) < 4.78 is 11.5. The van der Waals surface area contributed by atoms with Crippen molar-refractivity contribution in [1.82, 2.24) is 10.2 Å². The van der Waals surface area contributed by atoms with Gasteiger partial charge in [-0.05, 0) is 49.6 Å². The minimum atomic E-state index is -0.262. The molecule has 142 valence electrons. The van der Waals surface area contributed by atoms with Gasteiger partial charge in [-0.2, -0.15) is 0 Å². The molecule has 26 heavy (non-hydrogen) atoms. The normalized spacial score (nSPS) is 30.1. The molecule has 5 heteroatoms. The fourth-order valence-corrected chi connectivity index (χ4v) is 4.46. The highest BCUT2D eigenvalue weighted by Crippen LogP contribution is 2.33. The zero-order valence-corrected chi connectivity index (χ0v) is 15.4. The van der Waals surface area contributed by atoms with E-state index in [0.717, 1.165) is 65.1 Å². The van der Waals surface area contributed by atoms with Gasteiger partial charge >= 0.3 is 0 Å². The molecular weight excluding hydrogens is 328 g/mol. The van der Waals surface area contributed by atoms with E-state index in [2.05, 4.69) is 40.5 Å². The van der Waals surface area contributed by atoms with Crippen LogP contribution in [0.1, 0.15) is 31.2 Å². The van der Waals surface area contributed by atoms with Crippen LogP contribution in [0.25, 0.3) is 0 Å². The van der Waals surface area contributed by atoms with Gasteiger partial charge in [0.25, 0.3) is 0 Å². The second-order valence-corrected chi connectivity index (χ2v) is 7.97. The monoisotopic (exact) mass is 358 g/mol. The third-order valence-corrected chi connectivity index (χ3v) is 6.08. The lowest BCUT2D eigenvalue weighted by molar-refractivity contribution is -0.133. The molecule has 0 radical (unpaired) electrons. The predicted molar refractivity (Wildman–Crippen MR) is 99.7 cm³/mol. The summed E-state index contributed by atoms with van der Waals surface area (Å²) in [5.74, 6) is 1.17. The molecule has 1 N–H and O–H groups in total. The Labute approximate surface area is 156 Å². The number of ether oxygens (including phenoxy) is 2. The van der Waals surface area contributed by atoms with E-state index in [9.17, 15) is 4.79 Å². The number of piperidine rings is 1. The van der Waals surface area contributed by atoms with E-state index in [-0.39, 0.29) is 18.1 Å². The molecule has 3 aliphatic rings. The lowest BCUT2D eigenvalue weighted by atomic mass is 9.91. The van der Waals surface area contributed by atoms with Crippen molar-refractivity contribution >= 4 is 5.91 Å². The van der Waals surface area contributed by atoms with Gasteiger partial charge in [-0.25, -0.2) is 0 Å². The van der Waals surface area contributed by atoms with Gasteiger partial charge in [0.05, 0.1) is 6.10 Å². The SMILES string of the molecule is O=C(NCC1CCOCC1)[C@H]1C[C@@H]2CCN(Cc3ccccc3)C[C@H]2O1. The van der Waals surface area contributed by atoms with Crippen molar-refractivity contribution in [3.8, 4) is 0 Å². The number of benzene rings is 1. The molecule has 5 nitrogen and oxygen atoms in total. The number of carbonyl (C=O) groups excluding carboxylic acids is 1. The molecule has 0 saturated carbocycles. The van der Waals surface area contributed by atoms with Crippen molar-refractivity contribution < 1.29 is 14.3 Å². The molecule has 0 aliphatic carbocycles. The number of nitrogens with zero attached hydrogens (tertiary/aromatic N) is 1. The Bertz CT molecular complexity index is 588. The maximum Gasteiger partial charge on any atom is 0.249 e. The van der Waals surface area contributed by atoms with Crippen LogP contribution in [-0.4, -0.2) is 55.9 Å². The van der Waals surface area contributed by atoms with Gasteiger partial charge in [0.2, 0.25) is 5.91 Å². The minimum absolute atomic E-state index is 0.0838. The lowest BCUT2D eigenvalue weighted by Gasteiger charge is -2.34. The van der Waals surface area contributed by atoms with Crippen LogP contribution in [-0.2, 0) is 20.8 Å². The Morgan fingerprint density at radius 2 is 1.96 bits per heavy atom. The number of hydrogen-bond donors (Lipinski definition) is 1. The van der Waals surface area contributed by atoms with Gasteiger partial charge in [0, 0.05) is 32.8 Å². The topological polar surface area (TPSA) is 50.8 Å². The second kappa shape index (κ2) is 8.51. The Morgan fingerprint density at radius 1 is 1.15 bits per heavy atom. The molecule has 0 bridgehead atoms. The average molecular weight is 358 g/mol. The number of amides is 1. The van der Waals surface area contributed by atoms with Gasteiger partial charge in [0.1, 0.15) is 6.10 Å². The van der Waals surface area contributed by atoms with Crippen molar-refractivity contribution in [1.29, 1.82) is 0 Å². The fraction of sp³-hybridized carbons (Fsp3) is 0.667. The highest BCUT2D eigenvalue weighted by Gasteiger charge is 2.41. The van der Waals surface area contributed by atoms with Crippen molar-refractivity contribution in [3.63, 3.8) is 0 Å². The van der Waals surface area contributed by atoms with E-state index < -0.39 is 0 Å². The van der Waals surface area contributed by atoms with Crippen LogP contribution in [0.3, 0.4) is 0 Å². The Morgan fingerprint density at radius 3 is 2.77 bits per heavy atom. The summed E-state index contributed by atoms with van der Waals surface area (Å²) >= 11 is 0. The fourth-order valence-electron chi connectivity index (χ4n) is 4.46. The smallest absolute Gasteiger partial charge is 0.249 e. The number of rotatable bonds is 5. The molecule has 0 spiro atoms. The first kappa shape index (κ1) is 18.0. The molecule has 1 aromatic rings. The molecule has 1 aromatic carbocycles. The molecular formula is C21H30N2O3. The van der Waals surface area contributed by atoms with Crippen molar-refractivity contribution in [2.75, 3.05) is 32.8 Å². The van der Waals surface area contributed by atoms with Crippen LogP contribution >= 0.6 is 0 Å². The number of fused-ring (bicyclic) bond motifs is 1. The van der Waals surface area contributed by atoms with Gasteiger partial charge in [-0.3, -0.25) is 9.69 Å². The van der Waals surface area contributed by atoms with E-state index in [1.807, 2.05) is 0 Å². The zero-order chi connectivity index (χ0) is 17.8. The number of carbonyl (C=O) groups is 1. The largest absolute Gasteiger partial charge is 0.381 e. The lowest BCUT2D eigenvalue weighted by Crippen LogP contribution is -2.42. The van der Waals surface area contributed by atoms with Gasteiger partial charge in [-0.15, -0.1) is 0 Å². The number of nitrogens with one attached hydrogen (secondary N) is 1. The van der Waals surface area contributed by atoms with E-state index in [0.29, 0.717) is 11.8 Å². The van der Waals surface area contributed by atoms with Crippen LogP contribution in [0.2, 0.25) is 0 Å². The highest BCUT2D eigenvalue weighted by atomic mass is 16.5. The second-order valence-electron chi connectivity index (χ2n) is 7.97. The molecule has 3 aliphatic heterocycles. The molecule has 1 amide bonds.